The highest BCUT2D eigenvalue weighted by Crippen LogP contribution is 2.34. The molecule has 0 bridgehead atoms. The highest BCUT2D eigenvalue weighted by molar-refractivity contribution is 5.69. The van der Waals surface area contributed by atoms with Gasteiger partial charge in [0, 0.05) is 12.2 Å². The summed E-state index contributed by atoms with van der Waals surface area (Å²) in [6, 6.07) is 8.57. The van der Waals surface area contributed by atoms with Crippen LogP contribution >= 0.6 is 0 Å². The van der Waals surface area contributed by atoms with E-state index >= 15 is 0 Å². The van der Waals surface area contributed by atoms with Crippen molar-refractivity contribution >= 4 is 5.95 Å². The van der Waals surface area contributed by atoms with Crippen LogP contribution in [0.25, 0.3) is 11.1 Å². The van der Waals surface area contributed by atoms with E-state index in [0.717, 1.165) is 35.6 Å². The van der Waals surface area contributed by atoms with Crippen LogP contribution in [0.4, 0.5) is 5.95 Å². The Labute approximate surface area is 174 Å². The topological polar surface area (TPSA) is 56.3 Å². The van der Waals surface area contributed by atoms with Crippen molar-refractivity contribution in [2.45, 2.75) is 84.0 Å². The maximum atomic E-state index is 6.26. The Morgan fingerprint density at radius 1 is 1.00 bits per heavy atom. The minimum Gasteiger partial charge on any atom is -0.491 e. The van der Waals surface area contributed by atoms with Crippen LogP contribution in [-0.4, -0.2) is 28.2 Å². The molecule has 1 aromatic carbocycles. The van der Waals surface area contributed by atoms with Gasteiger partial charge in [0.2, 0.25) is 11.8 Å². The first-order valence-corrected chi connectivity index (χ1v) is 11.1. The summed E-state index contributed by atoms with van der Waals surface area (Å²) >= 11 is 0. The molecule has 4 rings (SSSR count). The summed E-state index contributed by atoms with van der Waals surface area (Å²) in [5, 5.41) is 3.54. The number of aromatic nitrogens is 2. The number of rotatable bonds is 7. The van der Waals surface area contributed by atoms with Gasteiger partial charge >= 0.3 is 0 Å². The number of nitrogens with zero attached hydrogens (tertiary/aromatic N) is 2. The molecule has 0 amide bonds. The average molecular weight is 396 g/mol. The van der Waals surface area contributed by atoms with E-state index in [1.807, 2.05) is 32.2 Å². The van der Waals surface area contributed by atoms with Crippen molar-refractivity contribution in [2.24, 2.45) is 5.92 Å². The lowest BCUT2D eigenvalue weighted by Gasteiger charge is -2.28. The molecule has 2 saturated carbocycles. The fourth-order valence-corrected chi connectivity index (χ4v) is 3.94. The van der Waals surface area contributed by atoms with Crippen molar-refractivity contribution in [3.63, 3.8) is 0 Å². The molecule has 2 aliphatic rings. The quantitative estimate of drug-likeness (QED) is 0.637. The molecule has 5 heteroatoms. The zero-order chi connectivity index (χ0) is 20.2. The molecule has 2 aromatic rings. The fourth-order valence-electron chi connectivity index (χ4n) is 3.94. The van der Waals surface area contributed by atoms with Crippen LogP contribution in [0, 0.1) is 5.92 Å². The summed E-state index contributed by atoms with van der Waals surface area (Å²) in [6.07, 6.45) is 10.7. The van der Waals surface area contributed by atoms with Crippen LogP contribution in [0.15, 0.2) is 30.5 Å². The smallest absolute Gasteiger partial charge is 0.226 e. The van der Waals surface area contributed by atoms with Gasteiger partial charge in [0.25, 0.3) is 0 Å². The zero-order valence-corrected chi connectivity index (χ0v) is 17.9. The van der Waals surface area contributed by atoms with Crippen LogP contribution in [0.2, 0.25) is 0 Å². The van der Waals surface area contributed by atoms with Gasteiger partial charge in [0.05, 0.1) is 11.7 Å². The van der Waals surface area contributed by atoms with Crippen molar-refractivity contribution in [2.75, 3.05) is 5.32 Å². The normalized spacial score (nSPS) is 22.2. The van der Waals surface area contributed by atoms with Gasteiger partial charge in [-0.2, -0.15) is 4.98 Å². The minimum atomic E-state index is 0.162. The van der Waals surface area contributed by atoms with Crippen molar-refractivity contribution in [3.05, 3.63) is 30.5 Å². The lowest BCUT2D eigenvalue weighted by molar-refractivity contribution is 0.115. The first-order valence-electron chi connectivity index (χ1n) is 11.1. The number of benzene rings is 1. The Morgan fingerprint density at radius 3 is 2.34 bits per heavy atom. The maximum Gasteiger partial charge on any atom is 0.226 e. The van der Waals surface area contributed by atoms with E-state index in [4.69, 9.17) is 14.5 Å². The van der Waals surface area contributed by atoms with Gasteiger partial charge in [-0.1, -0.05) is 19.1 Å². The standard InChI is InChI=1S/C24H33N3O2/c1-16(2)28-21-13-9-18(10-14-21)22-15-25-24(26-19-11-7-17(3)8-12-19)27-23(22)29-20-5-4-6-20/h9-10,13-17,19-20H,4-8,11-12H2,1-3H3,(H,25,26,27)/t17-,19-. The molecule has 0 radical (unpaired) electrons. The highest BCUT2D eigenvalue weighted by Gasteiger charge is 2.23. The third kappa shape index (κ3) is 5.20. The summed E-state index contributed by atoms with van der Waals surface area (Å²) < 4.78 is 12.0. The van der Waals surface area contributed by atoms with E-state index in [1.54, 1.807) is 0 Å². The largest absolute Gasteiger partial charge is 0.491 e. The Kier molecular flexibility index (Phi) is 6.22. The molecule has 0 saturated heterocycles. The third-order valence-corrected chi connectivity index (χ3v) is 5.97. The van der Waals surface area contributed by atoms with Gasteiger partial charge < -0.3 is 14.8 Å². The Bertz CT molecular complexity index is 794. The van der Waals surface area contributed by atoms with Gasteiger partial charge in [-0.3, -0.25) is 0 Å². The number of ether oxygens (including phenoxy) is 2. The van der Waals surface area contributed by atoms with Gasteiger partial charge in [-0.25, -0.2) is 4.98 Å². The molecule has 0 aliphatic heterocycles. The number of hydrogen-bond acceptors (Lipinski definition) is 5. The summed E-state index contributed by atoms with van der Waals surface area (Å²) in [7, 11) is 0. The number of hydrogen-bond donors (Lipinski definition) is 1. The first kappa shape index (κ1) is 20.0. The Morgan fingerprint density at radius 2 is 1.72 bits per heavy atom. The second-order valence-electron chi connectivity index (χ2n) is 8.88. The predicted molar refractivity (Wildman–Crippen MR) is 117 cm³/mol. The molecule has 1 heterocycles. The molecule has 1 aromatic heterocycles. The van der Waals surface area contributed by atoms with Crippen LogP contribution in [-0.2, 0) is 0 Å². The first-order chi connectivity index (χ1) is 14.1. The Hall–Kier alpha value is -2.30. The van der Waals surface area contributed by atoms with Crippen molar-refractivity contribution in [1.82, 2.24) is 9.97 Å². The molecule has 2 fully saturated rings. The fraction of sp³-hybridized carbons (Fsp3) is 0.583. The van der Waals surface area contributed by atoms with E-state index in [9.17, 15) is 0 Å². The molecule has 5 nitrogen and oxygen atoms in total. The Balaban J connectivity index is 1.54. The molecule has 29 heavy (non-hydrogen) atoms. The monoisotopic (exact) mass is 395 g/mol. The lowest BCUT2D eigenvalue weighted by atomic mass is 9.87. The van der Waals surface area contributed by atoms with E-state index in [1.165, 1.54) is 32.1 Å². The number of anilines is 1. The zero-order valence-electron chi connectivity index (χ0n) is 17.9. The average Bonchev–Trinajstić information content (AvgIpc) is 2.67. The predicted octanol–water partition coefficient (Wildman–Crippen LogP) is 5.85. The van der Waals surface area contributed by atoms with E-state index in [-0.39, 0.29) is 12.2 Å². The molecule has 0 atom stereocenters. The van der Waals surface area contributed by atoms with Gasteiger partial charge in [-0.15, -0.1) is 0 Å². The van der Waals surface area contributed by atoms with Gasteiger partial charge in [-0.05, 0) is 82.4 Å². The molecule has 0 unspecified atom stereocenters. The van der Waals surface area contributed by atoms with Crippen LogP contribution < -0.4 is 14.8 Å². The van der Waals surface area contributed by atoms with Gasteiger partial charge in [0.15, 0.2) is 0 Å². The number of nitrogens with one attached hydrogen (secondary N) is 1. The van der Waals surface area contributed by atoms with Crippen molar-refractivity contribution < 1.29 is 9.47 Å². The van der Waals surface area contributed by atoms with E-state index < -0.39 is 0 Å². The molecular formula is C24H33N3O2. The molecule has 1 N–H and O–H groups in total. The van der Waals surface area contributed by atoms with Crippen molar-refractivity contribution in [3.8, 4) is 22.8 Å². The molecule has 0 spiro atoms. The second-order valence-corrected chi connectivity index (χ2v) is 8.88. The SMILES string of the molecule is CC(C)Oc1ccc(-c2cnc(N[C@H]3CC[C@H](C)CC3)nc2OC2CCC2)cc1. The third-order valence-electron chi connectivity index (χ3n) is 5.97. The molecular weight excluding hydrogens is 362 g/mol. The summed E-state index contributed by atoms with van der Waals surface area (Å²) in [5.74, 6) is 3.07. The highest BCUT2D eigenvalue weighted by atomic mass is 16.5. The molecule has 2 aliphatic carbocycles. The van der Waals surface area contributed by atoms with Crippen molar-refractivity contribution in [1.29, 1.82) is 0 Å². The van der Waals surface area contributed by atoms with E-state index in [0.29, 0.717) is 17.9 Å². The minimum absolute atomic E-state index is 0.162. The summed E-state index contributed by atoms with van der Waals surface area (Å²) in [6.45, 7) is 6.40. The van der Waals surface area contributed by atoms with E-state index in [2.05, 4.69) is 29.4 Å². The van der Waals surface area contributed by atoms with Crippen LogP contribution in [0.5, 0.6) is 11.6 Å². The molecule has 156 valence electrons. The summed E-state index contributed by atoms with van der Waals surface area (Å²) in [4.78, 5) is 9.40. The maximum absolute atomic E-state index is 6.26. The van der Waals surface area contributed by atoms with Crippen LogP contribution in [0.3, 0.4) is 0 Å². The lowest BCUT2D eigenvalue weighted by Crippen LogP contribution is -2.27. The van der Waals surface area contributed by atoms with Crippen LogP contribution in [0.1, 0.15) is 65.7 Å². The second kappa shape index (κ2) is 9.02. The van der Waals surface area contributed by atoms with Gasteiger partial charge in [0.1, 0.15) is 11.9 Å². The summed E-state index contributed by atoms with van der Waals surface area (Å²) in [5.41, 5.74) is 1.99.